The molecule has 0 atom stereocenters. The van der Waals surface area contributed by atoms with Gasteiger partial charge in [-0.2, -0.15) is 0 Å². The van der Waals surface area contributed by atoms with Gasteiger partial charge in [-0.15, -0.1) is 0 Å². The number of hydrogen-bond donors (Lipinski definition) is 1. The number of thioether (sulfide) groups is 1. The summed E-state index contributed by atoms with van der Waals surface area (Å²) in [6.07, 6.45) is 0. The van der Waals surface area contributed by atoms with Gasteiger partial charge in [-0.05, 0) is 11.1 Å². The summed E-state index contributed by atoms with van der Waals surface area (Å²) >= 11 is 6.97. The van der Waals surface area contributed by atoms with Crippen LogP contribution in [0.15, 0.2) is 60.7 Å². The molecule has 0 aromatic heterocycles. The summed E-state index contributed by atoms with van der Waals surface area (Å²) in [5, 5.41) is 3.26. The maximum absolute atomic E-state index is 5.30. The predicted molar refractivity (Wildman–Crippen MR) is 83.6 cm³/mol. The zero-order valence-electron chi connectivity index (χ0n) is 10.7. The SMILES string of the molecule is S=C(NCc1ccccc1)SCc1ccccc1.[Zn]. The molecule has 2 rings (SSSR count). The molecule has 0 radical (unpaired) electrons. The first-order valence-corrected chi connectivity index (χ1v) is 7.22. The third-order valence-electron chi connectivity index (χ3n) is 2.49. The molecule has 2 aromatic carbocycles. The van der Waals surface area contributed by atoms with Gasteiger partial charge in [0, 0.05) is 31.8 Å². The number of hydrogen-bond acceptors (Lipinski definition) is 2. The number of rotatable bonds is 4. The van der Waals surface area contributed by atoms with Crippen LogP contribution < -0.4 is 5.32 Å². The molecule has 0 unspecified atom stereocenters. The average molecular weight is 339 g/mol. The van der Waals surface area contributed by atoms with Crippen molar-refractivity contribution < 1.29 is 19.5 Å². The fourth-order valence-electron chi connectivity index (χ4n) is 1.54. The van der Waals surface area contributed by atoms with Crippen LogP contribution in [0.25, 0.3) is 0 Å². The zero-order valence-corrected chi connectivity index (χ0v) is 15.3. The predicted octanol–water partition coefficient (Wildman–Crippen LogP) is 3.99. The van der Waals surface area contributed by atoms with E-state index in [0.29, 0.717) is 0 Å². The Hall–Kier alpha value is -0.697. The minimum atomic E-state index is 0. The normalized spacial score (nSPS) is 9.47. The van der Waals surface area contributed by atoms with Gasteiger partial charge in [0.15, 0.2) is 0 Å². The van der Waals surface area contributed by atoms with Crippen molar-refractivity contribution in [2.24, 2.45) is 0 Å². The molecule has 1 nitrogen and oxygen atoms in total. The second-order valence-corrected chi connectivity index (χ2v) is 5.55. The van der Waals surface area contributed by atoms with Gasteiger partial charge < -0.3 is 5.32 Å². The van der Waals surface area contributed by atoms with Gasteiger partial charge in [0.05, 0.1) is 0 Å². The van der Waals surface area contributed by atoms with Crippen LogP contribution in [0.4, 0.5) is 0 Å². The van der Waals surface area contributed by atoms with Gasteiger partial charge in [0.1, 0.15) is 4.32 Å². The quantitative estimate of drug-likeness (QED) is 0.668. The molecule has 0 heterocycles. The van der Waals surface area contributed by atoms with Gasteiger partial charge in [0.25, 0.3) is 0 Å². The van der Waals surface area contributed by atoms with Crippen molar-refractivity contribution in [3.63, 3.8) is 0 Å². The molecule has 0 fully saturated rings. The van der Waals surface area contributed by atoms with Crippen LogP contribution in [0.2, 0.25) is 0 Å². The maximum Gasteiger partial charge on any atom is 0.134 e. The molecule has 0 bridgehead atoms. The summed E-state index contributed by atoms with van der Waals surface area (Å²) in [5.74, 6) is 0.918. The van der Waals surface area contributed by atoms with E-state index in [-0.39, 0.29) is 19.5 Å². The van der Waals surface area contributed by atoms with Gasteiger partial charge in [-0.1, -0.05) is 84.6 Å². The summed E-state index contributed by atoms with van der Waals surface area (Å²) in [6.45, 7) is 0.793. The first-order valence-electron chi connectivity index (χ1n) is 5.83. The van der Waals surface area contributed by atoms with Crippen molar-refractivity contribution in [2.45, 2.75) is 12.3 Å². The van der Waals surface area contributed by atoms with Gasteiger partial charge in [-0.3, -0.25) is 0 Å². The molecule has 0 saturated heterocycles. The van der Waals surface area contributed by atoms with Crippen LogP contribution in [0.1, 0.15) is 11.1 Å². The Kier molecular flexibility index (Phi) is 7.96. The van der Waals surface area contributed by atoms with E-state index in [0.717, 1.165) is 16.6 Å². The van der Waals surface area contributed by atoms with E-state index in [1.165, 1.54) is 11.1 Å². The van der Waals surface area contributed by atoms with Crippen molar-refractivity contribution in [3.05, 3.63) is 71.8 Å². The number of thiocarbonyl (C=S) groups is 1. The summed E-state index contributed by atoms with van der Waals surface area (Å²) < 4.78 is 0.850. The van der Waals surface area contributed by atoms with Crippen molar-refractivity contribution >= 4 is 28.3 Å². The molecule has 0 aliphatic heterocycles. The van der Waals surface area contributed by atoms with Crippen LogP contribution in [0, 0.1) is 0 Å². The Balaban J connectivity index is 0.00000180. The molecule has 1 N–H and O–H groups in total. The topological polar surface area (TPSA) is 12.0 Å². The van der Waals surface area contributed by atoms with Crippen molar-refractivity contribution in [2.75, 3.05) is 0 Å². The maximum atomic E-state index is 5.30. The fraction of sp³-hybridized carbons (Fsp3) is 0.133. The van der Waals surface area contributed by atoms with E-state index in [4.69, 9.17) is 12.2 Å². The molecule has 0 saturated carbocycles. The summed E-state index contributed by atoms with van der Waals surface area (Å²) in [6, 6.07) is 20.7. The largest absolute Gasteiger partial charge is 0.367 e. The fourth-order valence-corrected chi connectivity index (χ4v) is 2.46. The van der Waals surface area contributed by atoms with E-state index in [2.05, 4.69) is 41.7 Å². The minimum Gasteiger partial charge on any atom is -0.367 e. The second-order valence-electron chi connectivity index (χ2n) is 3.90. The molecular weight excluding hydrogens is 324 g/mol. The van der Waals surface area contributed by atoms with Crippen LogP contribution >= 0.6 is 24.0 Å². The monoisotopic (exact) mass is 337 g/mol. The molecule has 0 amide bonds. The van der Waals surface area contributed by atoms with Gasteiger partial charge >= 0.3 is 0 Å². The van der Waals surface area contributed by atoms with Crippen LogP contribution in [0.5, 0.6) is 0 Å². The minimum absolute atomic E-state index is 0. The summed E-state index contributed by atoms with van der Waals surface area (Å²) in [4.78, 5) is 0. The Morgan fingerprint density at radius 2 is 1.42 bits per heavy atom. The van der Waals surface area contributed by atoms with Crippen molar-refractivity contribution in [1.29, 1.82) is 0 Å². The van der Waals surface area contributed by atoms with Crippen LogP contribution in [0.3, 0.4) is 0 Å². The standard InChI is InChI=1S/C15H15NS2.Zn/c17-15(16-11-13-7-3-1-4-8-13)18-12-14-9-5-2-6-10-14;/h1-10H,11-12H2,(H,16,17);. The third kappa shape index (κ3) is 6.33. The molecular formula is C15H15NS2Zn. The van der Waals surface area contributed by atoms with E-state index >= 15 is 0 Å². The van der Waals surface area contributed by atoms with E-state index in [9.17, 15) is 0 Å². The van der Waals surface area contributed by atoms with Gasteiger partial charge in [-0.25, -0.2) is 0 Å². The van der Waals surface area contributed by atoms with E-state index < -0.39 is 0 Å². The van der Waals surface area contributed by atoms with Crippen molar-refractivity contribution in [3.8, 4) is 0 Å². The molecule has 4 heteroatoms. The first kappa shape index (κ1) is 16.4. The Labute approximate surface area is 136 Å². The van der Waals surface area contributed by atoms with E-state index in [1.807, 2.05) is 24.3 Å². The summed E-state index contributed by atoms with van der Waals surface area (Å²) in [7, 11) is 0. The molecule has 0 aliphatic carbocycles. The smallest absolute Gasteiger partial charge is 0.134 e. The molecule has 2 aromatic rings. The van der Waals surface area contributed by atoms with Crippen LogP contribution in [-0.2, 0) is 31.8 Å². The Bertz CT molecular complexity index is 443. The second kappa shape index (κ2) is 9.25. The van der Waals surface area contributed by atoms with E-state index in [1.54, 1.807) is 11.8 Å². The first-order chi connectivity index (χ1) is 8.84. The Morgan fingerprint density at radius 1 is 0.895 bits per heavy atom. The summed E-state index contributed by atoms with van der Waals surface area (Å²) in [5.41, 5.74) is 2.55. The molecule has 94 valence electrons. The number of nitrogens with one attached hydrogen (secondary N) is 1. The van der Waals surface area contributed by atoms with Crippen LogP contribution in [-0.4, -0.2) is 4.32 Å². The third-order valence-corrected chi connectivity index (χ3v) is 3.87. The Morgan fingerprint density at radius 3 is 2.00 bits per heavy atom. The van der Waals surface area contributed by atoms with Gasteiger partial charge in [0.2, 0.25) is 0 Å². The molecule has 0 spiro atoms. The number of benzene rings is 2. The van der Waals surface area contributed by atoms with Crippen molar-refractivity contribution in [1.82, 2.24) is 5.32 Å². The molecule has 19 heavy (non-hydrogen) atoms. The molecule has 0 aliphatic rings. The zero-order chi connectivity index (χ0) is 12.6. The average Bonchev–Trinajstić information content (AvgIpc) is 2.45.